The van der Waals surface area contributed by atoms with E-state index in [1.165, 1.54) is 31.2 Å². The quantitative estimate of drug-likeness (QED) is 0.834. The number of amides is 1. The highest BCUT2D eigenvalue weighted by molar-refractivity contribution is 5.83. The van der Waals surface area contributed by atoms with E-state index in [0.29, 0.717) is 36.9 Å². The van der Waals surface area contributed by atoms with Gasteiger partial charge in [-0.25, -0.2) is 0 Å². The average molecular weight is 327 g/mol. The summed E-state index contributed by atoms with van der Waals surface area (Å²) in [6, 6.07) is 6.42. The molecule has 0 aromatic heterocycles. The lowest BCUT2D eigenvalue weighted by Crippen LogP contribution is -2.32. The van der Waals surface area contributed by atoms with Crippen LogP contribution in [0.2, 0.25) is 0 Å². The van der Waals surface area contributed by atoms with Crippen LogP contribution in [0.15, 0.2) is 18.2 Å². The summed E-state index contributed by atoms with van der Waals surface area (Å²) in [6.45, 7) is 2.13. The smallest absolute Gasteiger partial charge is 0.226 e. The van der Waals surface area contributed by atoms with E-state index in [-0.39, 0.29) is 6.04 Å². The minimum Gasteiger partial charge on any atom is -0.486 e. The normalized spacial score (nSPS) is 33.9. The summed E-state index contributed by atoms with van der Waals surface area (Å²) in [5.41, 5.74) is 1.20. The first-order valence-electron chi connectivity index (χ1n) is 9.53. The molecule has 2 heterocycles. The molecule has 1 amide bonds. The predicted octanol–water partition coefficient (Wildman–Crippen LogP) is 3.56. The van der Waals surface area contributed by atoms with Gasteiger partial charge in [0.15, 0.2) is 11.5 Å². The van der Waals surface area contributed by atoms with Crippen LogP contribution in [0.1, 0.15) is 50.1 Å². The van der Waals surface area contributed by atoms with Gasteiger partial charge in [-0.1, -0.05) is 18.9 Å². The number of hydrogen-bond acceptors (Lipinski definition) is 3. The maximum atomic E-state index is 13.1. The van der Waals surface area contributed by atoms with Gasteiger partial charge < -0.3 is 14.4 Å². The van der Waals surface area contributed by atoms with Gasteiger partial charge in [0.2, 0.25) is 5.91 Å². The first kappa shape index (κ1) is 14.6. The van der Waals surface area contributed by atoms with Crippen molar-refractivity contribution in [3.63, 3.8) is 0 Å². The number of carbonyl (C=O) groups excluding carboxylic acids is 1. The number of nitrogens with zero attached hydrogens (tertiary/aromatic N) is 1. The van der Waals surface area contributed by atoms with Crippen molar-refractivity contribution in [2.45, 2.75) is 44.6 Å². The number of likely N-dealkylation sites (tertiary alicyclic amines) is 1. The molecular formula is C20H25NO3. The molecule has 2 aliphatic carbocycles. The Morgan fingerprint density at radius 2 is 1.71 bits per heavy atom. The second-order valence-corrected chi connectivity index (χ2v) is 7.73. The molecule has 2 saturated carbocycles. The van der Waals surface area contributed by atoms with Crippen LogP contribution < -0.4 is 9.47 Å². The van der Waals surface area contributed by atoms with Gasteiger partial charge in [0.25, 0.3) is 0 Å². The molecule has 4 heteroatoms. The molecule has 0 radical (unpaired) electrons. The Morgan fingerprint density at radius 3 is 2.50 bits per heavy atom. The van der Waals surface area contributed by atoms with E-state index in [4.69, 9.17) is 9.47 Å². The molecule has 24 heavy (non-hydrogen) atoms. The Hall–Kier alpha value is -1.71. The lowest BCUT2D eigenvalue weighted by molar-refractivity contribution is -0.134. The van der Waals surface area contributed by atoms with Crippen molar-refractivity contribution in [1.82, 2.24) is 4.90 Å². The molecule has 1 aromatic carbocycles. The molecule has 0 spiro atoms. The molecule has 3 fully saturated rings. The van der Waals surface area contributed by atoms with Gasteiger partial charge in [-0.3, -0.25) is 4.79 Å². The second-order valence-electron chi connectivity index (χ2n) is 7.73. The highest BCUT2D eigenvalue weighted by atomic mass is 16.6. The molecular weight excluding hydrogens is 302 g/mol. The van der Waals surface area contributed by atoms with Gasteiger partial charge in [0.1, 0.15) is 13.2 Å². The van der Waals surface area contributed by atoms with E-state index in [1.807, 2.05) is 6.07 Å². The summed E-state index contributed by atoms with van der Waals surface area (Å²) in [5.74, 6) is 3.78. The molecule has 0 N–H and O–H groups in total. The molecule has 1 unspecified atom stereocenters. The van der Waals surface area contributed by atoms with Crippen LogP contribution in [0.25, 0.3) is 0 Å². The van der Waals surface area contributed by atoms with Crippen molar-refractivity contribution < 1.29 is 14.3 Å². The van der Waals surface area contributed by atoms with Crippen LogP contribution in [-0.4, -0.2) is 30.6 Å². The zero-order valence-corrected chi connectivity index (χ0v) is 14.1. The SMILES string of the molecule is O=C(C1[C@H]2CCCC[C@@H]12)N1CCC[C@@H]1c1ccc2c(c1)OCCO2. The fourth-order valence-corrected chi connectivity index (χ4v) is 5.19. The Morgan fingerprint density at radius 1 is 0.958 bits per heavy atom. The molecule has 1 saturated heterocycles. The lowest BCUT2D eigenvalue weighted by Gasteiger charge is -2.27. The van der Waals surface area contributed by atoms with Crippen molar-refractivity contribution in [3.05, 3.63) is 23.8 Å². The summed E-state index contributed by atoms with van der Waals surface area (Å²) in [4.78, 5) is 15.3. The maximum absolute atomic E-state index is 13.1. The van der Waals surface area contributed by atoms with E-state index in [0.717, 1.165) is 30.9 Å². The number of carbonyl (C=O) groups is 1. The van der Waals surface area contributed by atoms with Crippen LogP contribution in [0.4, 0.5) is 0 Å². The molecule has 2 aliphatic heterocycles. The lowest BCUT2D eigenvalue weighted by atomic mass is 10.0. The highest BCUT2D eigenvalue weighted by Crippen LogP contribution is 2.57. The Kier molecular flexibility index (Phi) is 3.46. The zero-order chi connectivity index (χ0) is 16.1. The standard InChI is InChI=1S/C20H25NO3/c22-20(19-14-4-1-2-5-15(14)19)21-9-3-6-16(21)13-7-8-17-18(12-13)24-11-10-23-17/h7-8,12,14-16,19H,1-6,9-11H2/t14-,15+,16-,19?/m1/s1. The van der Waals surface area contributed by atoms with Crippen LogP contribution >= 0.6 is 0 Å². The fraction of sp³-hybridized carbons (Fsp3) is 0.650. The largest absolute Gasteiger partial charge is 0.486 e. The van der Waals surface area contributed by atoms with Crippen LogP contribution in [0, 0.1) is 17.8 Å². The van der Waals surface area contributed by atoms with Gasteiger partial charge in [-0.2, -0.15) is 0 Å². The second kappa shape index (κ2) is 5.68. The van der Waals surface area contributed by atoms with E-state index in [2.05, 4.69) is 17.0 Å². The summed E-state index contributed by atoms with van der Waals surface area (Å²) >= 11 is 0. The van der Waals surface area contributed by atoms with Gasteiger partial charge in [-0.15, -0.1) is 0 Å². The monoisotopic (exact) mass is 327 g/mol. The summed E-state index contributed by atoms with van der Waals surface area (Å²) in [6.07, 6.45) is 7.33. The summed E-state index contributed by atoms with van der Waals surface area (Å²) in [5, 5.41) is 0. The minimum absolute atomic E-state index is 0.218. The van der Waals surface area contributed by atoms with Gasteiger partial charge in [-0.05, 0) is 55.2 Å². The van der Waals surface area contributed by atoms with E-state index < -0.39 is 0 Å². The van der Waals surface area contributed by atoms with Gasteiger partial charge in [0, 0.05) is 12.5 Å². The van der Waals surface area contributed by atoms with Crippen molar-refractivity contribution >= 4 is 5.91 Å². The van der Waals surface area contributed by atoms with Crippen LogP contribution in [-0.2, 0) is 4.79 Å². The molecule has 4 atom stereocenters. The third-order valence-electron chi connectivity index (χ3n) is 6.43. The Labute approximate surface area is 143 Å². The summed E-state index contributed by atoms with van der Waals surface area (Å²) in [7, 11) is 0. The van der Waals surface area contributed by atoms with Crippen molar-refractivity contribution in [1.29, 1.82) is 0 Å². The van der Waals surface area contributed by atoms with Crippen molar-refractivity contribution in [2.24, 2.45) is 17.8 Å². The number of rotatable bonds is 2. The predicted molar refractivity (Wildman–Crippen MR) is 90.1 cm³/mol. The van der Waals surface area contributed by atoms with Crippen LogP contribution in [0.5, 0.6) is 11.5 Å². The minimum atomic E-state index is 0.218. The average Bonchev–Trinajstić information content (AvgIpc) is 3.15. The maximum Gasteiger partial charge on any atom is 0.226 e. The molecule has 1 aromatic rings. The molecule has 4 aliphatic rings. The first-order valence-corrected chi connectivity index (χ1v) is 9.53. The number of benzene rings is 1. The van der Waals surface area contributed by atoms with E-state index >= 15 is 0 Å². The highest BCUT2D eigenvalue weighted by Gasteiger charge is 2.56. The third kappa shape index (κ3) is 2.30. The molecule has 5 rings (SSSR count). The molecule has 0 bridgehead atoms. The van der Waals surface area contributed by atoms with Crippen LogP contribution in [0.3, 0.4) is 0 Å². The molecule has 128 valence electrons. The topological polar surface area (TPSA) is 38.8 Å². The Bertz CT molecular complexity index is 646. The Balaban J connectivity index is 1.37. The van der Waals surface area contributed by atoms with Crippen molar-refractivity contribution in [2.75, 3.05) is 19.8 Å². The summed E-state index contributed by atoms with van der Waals surface area (Å²) < 4.78 is 11.4. The third-order valence-corrected chi connectivity index (χ3v) is 6.43. The van der Waals surface area contributed by atoms with Gasteiger partial charge >= 0.3 is 0 Å². The number of ether oxygens (including phenoxy) is 2. The number of fused-ring (bicyclic) bond motifs is 2. The van der Waals surface area contributed by atoms with E-state index in [1.54, 1.807) is 0 Å². The fourth-order valence-electron chi connectivity index (χ4n) is 5.19. The zero-order valence-electron chi connectivity index (χ0n) is 14.1. The first-order chi connectivity index (χ1) is 11.8. The van der Waals surface area contributed by atoms with Crippen molar-refractivity contribution in [3.8, 4) is 11.5 Å². The number of hydrogen-bond donors (Lipinski definition) is 0. The molecule has 4 nitrogen and oxygen atoms in total. The van der Waals surface area contributed by atoms with E-state index in [9.17, 15) is 4.79 Å². The van der Waals surface area contributed by atoms with Gasteiger partial charge in [0.05, 0.1) is 6.04 Å².